The monoisotopic (exact) mass is 601 g/mol. The van der Waals surface area contributed by atoms with Gasteiger partial charge in [0, 0.05) is 56.1 Å². The second-order valence-electron chi connectivity index (χ2n) is 10.7. The molecule has 2 N–H and O–H groups in total. The zero-order valence-corrected chi connectivity index (χ0v) is 24.0. The molecule has 0 saturated carbocycles. The molecule has 0 spiro atoms. The Bertz CT molecular complexity index is 1600. The minimum atomic E-state index is -4.94. The summed E-state index contributed by atoms with van der Waals surface area (Å²) in [5, 5.41) is 2.58. The maximum Gasteiger partial charge on any atom is 0.417 e. The molecule has 3 aromatic rings. The van der Waals surface area contributed by atoms with Crippen LogP contribution in [0.5, 0.6) is 5.75 Å². The van der Waals surface area contributed by atoms with Crippen molar-refractivity contribution in [3.8, 4) is 5.75 Å². The van der Waals surface area contributed by atoms with E-state index in [1.165, 1.54) is 31.6 Å². The Kier molecular flexibility index (Phi) is 8.14. The topological polar surface area (TPSA) is 107 Å². The highest BCUT2D eigenvalue weighted by atomic mass is 19.4. The fraction of sp³-hybridized carbons (Fsp3) is 0.379. The third-order valence-electron chi connectivity index (χ3n) is 7.91. The highest BCUT2D eigenvalue weighted by Crippen LogP contribution is 2.37. The van der Waals surface area contributed by atoms with Crippen molar-refractivity contribution < 1.29 is 27.1 Å². The van der Waals surface area contributed by atoms with Gasteiger partial charge in [-0.1, -0.05) is 6.08 Å². The highest BCUT2D eigenvalue weighted by Gasteiger charge is 2.36. The number of methoxy groups -OCH3 is 1. The summed E-state index contributed by atoms with van der Waals surface area (Å²) in [5.74, 6) is -0.736. The minimum absolute atomic E-state index is 0.0849. The molecule has 5 rings (SSSR count). The van der Waals surface area contributed by atoms with E-state index in [0.717, 1.165) is 6.20 Å². The zero-order chi connectivity index (χ0) is 31.1. The number of carbonyl (C=O) groups excluding carboxylic acids is 1. The number of alkyl halides is 3. The Labute approximate surface area is 245 Å². The largest absolute Gasteiger partial charge is 0.494 e. The number of halogens is 4. The fourth-order valence-electron chi connectivity index (χ4n) is 5.34. The van der Waals surface area contributed by atoms with Crippen LogP contribution in [0.2, 0.25) is 0 Å². The van der Waals surface area contributed by atoms with Crippen LogP contribution in [0.1, 0.15) is 35.3 Å². The van der Waals surface area contributed by atoms with E-state index in [1.54, 1.807) is 6.08 Å². The molecule has 2 atom stereocenters. The average Bonchev–Trinajstić information content (AvgIpc) is 3.46. The molecule has 0 unspecified atom stereocenters. The second-order valence-corrected chi connectivity index (χ2v) is 10.7. The number of anilines is 3. The van der Waals surface area contributed by atoms with Gasteiger partial charge in [0.1, 0.15) is 5.82 Å². The smallest absolute Gasteiger partial charge is 0.417 e. The van der Waals surface area contributed by atoms with E-state index in [4.69, 9.17) is 4.74 Å². The van der Waals surface area contributed by atoms with Gasteiger partial charge in [0.15, 0.2) is 5.75 Å². The number of aromatic nitrogens is 3. The number of ether oxygens (including phenoxy) is 1. The third-order valence-corrected chi connectivity index (χ3v) is 7.91. The van der Waals surface area contributed by atoms with Gasteiger partial charge in [0.05, 0.1) is 42.0 Å². The predicted molar refractivity (Wildman–Crippen MR) is 154 cm³/mol. The Hall–Kier alpha value is -4.46. The summed E-state index contributed by atoms with van der Waals surface area (Å²) in [6, 6.07) is 3.26. The van der Waals surface area contributed by atoms with Crippen LogP contribution in [0.4, 0.5) is 34.9 Å². The van der Waals surface area contributed by atoms with Gasteiger partial charge in [0.25, 0.3) is 5.91 Å². The number of H-pyrrole nitrogens is 1. The summed E-state index contributed by atoms with van der Waals surface area (Å²) in [4.78, 5) is 41.6. The Balaban J connectivity index is 1.51. The molecule has 2 aliphatic rings. The second kappa shape index (κ2) is 11.7. The van der Waals surface area contributed by atoms with Crippen LogP contribution in [0.25, 0.3) is 5.57 Å². The van der Waals surface area contributed by atoms with E-state index in [0.29, 0.717) is 48.7 Å². The van der Waals surface area contributed by atoms with Crippen LogP contribution < -0.4 is 25.4 Å². The molecular weight excluding hydrogens is 570 g/mol. The maximum absolute atomic E-state index is 15.8. The molecule has 10 nitrogen and oxygen atoms in total. The number of likely N-dealkylation sites (N-methyl/N-ethyl adjacent to an activating group) is 1. The first kappa shape index (κ1) is 30.0. The van der Waals surface area contributed by atoms with E-state index < -0.39 is 34.6 Å². The summed E-state index contributed by atoms with van der Waals surface area (Å²) >= 11 is 0. The van der Waals surface area contributed by atoms with Gasteiger partial charge in [-0.3, -0.25) is 14.5 Å². The lowest BCUT2D eigenvalue weighted by molar-refractivity contribution is -0.138. The van der Waals surface area contributed by atoms with Gasteiger partial charge in [-0.15, -0.1) is 0 Å². The number of nitrogens with zero attached hydrogens (tertiary/aromatic N) is 5. The van der Waals surface area contributed by atoms with E-state index in [-0.39, 0.29) is 29.9 Å². The summed E-state index contributed by atoms with van der Waals surface area (Å²) in [7, 11) is 3.49. The van der Waals surface area contributed by atoms with Crippen molar-refractivity contribution >= 4 is 28.8 Å². The van der Waals surface area contributed by atoms with E-state index in [2.05, 4.69) is 25.2 Å². The number of benzene rings is 1. The summed E-state index contributed by atoms with van der Waals surface area (Å²) in [6.45, 7) is 5.68. The van der Waals surface area contributed by atoms with Crippen molar-refractivity contribution in [1.82, 2.24) is 19.9 Å². The minimum Gasteiger partial charge on any atom is -0.494 e. The van der Waals surface area contributed by atoms with Gasteiger partial charge in [-0.05, 0) is 38.6 Å². The van der Waals surface area contributed by atoms with Crippen molar-refractivity contribution in [3.63, 3.8) is 0 Å². The van der Waals surface area contributed by atoms with Gasteiger partial charge in [0.2, 0.25) is 11.5 Å². The Morgan fingerprint density at radius 1 is 1.09 bits per heavy atom. The van der Waals surface area contributed by atoms with Crippen LogP contribution in [0.3, 0.4) is 0 Å². The molecule has 2 aromatic heterocycles. The first-order valence-corrected chi connectivity index (χ1v) is 13.6. The molecule has 228 valence electrons. The number of hydrogen-bond donors (Lipinski definition) is 2. The molecule has 14 heteroatoms. The highest BCUT2D eigenvalue weighted by molar-refractivity contribution is 6.07. The molecule has 1 fully saturated rings. The Morgan fingerprint density at radius 3 is 2.40 bits per heavy atom. The van der Waals surface area contributed by atoms with E-state index in [9.17, 15) is 22.8 Å². The van der Waals surface area contributed by atoms with Crippen LogP contribution >= 0.6 is 0 Å². The molecule has 0 aliphatic carbocycles. The SMILES string of the molecule is COc1cnc(N2CC=C(c3cc(NC(=O)c4c[nH]c(=O)cc4C(F)(F)F)c(N4C[C@@H](C)N(C)[C@@H](C)C4)cc3F)C2)nc1. The van der Waals surface area contributed by atoms with Crippen molar-refractivity contribution in [2.75, 3.05) is 55.5 Å². The predicted octanol–water partition coefficient (Wildman–Crippen LogP) is 4.02. The van der Waals surface area contributed by atoms with Gasteiger partial charge in [-0.2, -0.15) is 13.2 Å². The molecule has 4 heterocycles. The van der Waals surface area contributed by atoms with Crippen molar-refractivity contribution in [2.45, 2.75) is 32.1 Å². The average molecular weight is 602 g/mol. The number of carbonyl (C=O) groups is 1. The molecule has 0 radical (unpaired) electrons. The van der Waals surface area contributed by atoms with Crippen LogP contribution in [-0.2, 0) is 6.18 Å². The third kappa shape index (κ3) is 6.19. The number of rotatable bonds is 6. The molecule has 43 heavy (non-hydrogen) atoms. The maximum atomic E-state index is 15.8. The lowest BCUT2D eigenvalue weighted by Crippen LogP contribution is -2.55. The first-order valence-electron chi connectivity index (χ1n) is 13.6. The fourth-order valence-corrected chi connectivity index (χ4v) is 5.34. The number of nitrogens with one attached hydrogen (secondary N) is 2. The van der Waals surface area contributed by atoms with Crippen molar-refractivity contribution in [1.29, 1.82) is 0 Å². The normalized spacial score (nSPS) is 19.4. The first-order chi connectivity index (χ1) is 20.3. The summed E-state index contributed by atoms with van der Waals surface area (Å²) < 4.78 is 62.1. The van der Waals surface area contributed by atoms with Crippen molar-refractivity contribution in [3.05, 3.63) is 75.7 Å². The Morgan fingerprint density at radius 2 is 1.77 bits per heavy atom. The number of pyridine rings is 1. The standard InChI is InChI=1S/C29H31F4N7O3/c1-16-13-40(14-17(2)38(16)3)25-9-23(30)20(18-5-6-39(15-18)28-35-10-19(43-4)11-36-28)7-24(25)37-27(42)21-12-34-26(41)8-22(21)29(31,32)33/h5,7-12,16-17H,6,13-15H2,1-4H3,(H,34,41)(H,37,42)/t16-,17+. The van der Waals surface area contributed by atoms with Crippen LogP contribution in [0.15, 0.2) is 47.7 Å². The zero-order valence-electron chi connectivity index (χ0n) is 24.0. The number of aromatic amines is 1. The van der Waals surface area contributed by atoms with Crippen LogP contribution in [-0.4, -0.2) is 78.2 Å². The van der Waals surface area contributed by atoms with Gasteiger partial charge < -0.3 is 24.8 Å². The number of hydrogen-bond acceptors (Lipinski definition) is 8. The summed E-state index contributed by atoms with van der Waals surface area (Å²) in [5.41, 5.74) is -1.85. The molecule has 2 aliphatic heterocycles. The number of piperazine rings is 1. The van der Waals surface area contributed by atoms with Crippen molar-refractivity contribution in [2.24, 2.45) is 0 Å². The molecular formula is C29H31F4N7O3. The summed E-state index contributed by atoms with van der Waals surface area (Å²) in [6.07, 6.45) is 0.639. The molecule has 1 amide bonds. The lowest BCUT2D eigenvalue weighted by Gasteiger charge is -2.44. The molecule has 0 bridgehead atoms. The van der Waals surface area contributed by atoms with E-state index >= 15 is 4.39 Å². The van der Waals surface area contributed by atoms with Gasteiger partial charge in [-0.25, -0.2) is 14.4 Å². The van der Waals surface area contributed by atoms with Gasteiger partial charge >= 0.3 is 6.18 Å². The lowest BCUT2D eigenvalue weighted by atomic mass is 10.0. The number of amides is 1. The van der Waals surface area contributed by atoms with E-state index in [1.807, 2.05) is 30.7 Å². The quantitative estimate of drug-likeness (QED) is 0.409. The molecule has 1 aromatic carbocycles. The van der Waals surface area contributed by atoms with Crippen LogP contribution in [0, 0.1) is 5.82 Å². The molecule has 1 saturated heterocycles.